The van der Waals surface area contributed by atoms with E-state index in [4.69, 9.17) is 17.4 Å². The van der Waals surface area contributed by atoms with Crippen LogP contribution in [-0.4, -0.2) is 4.92 Å². The van der Waals surface area contributed by atoms with Crippen LogP contribution in [0.2, 0.25) is 5.02 Å². The monoisotopic (exact) mass is 309 g/mol. The van der Waals surface area contributed by atoms with Crippen LogP contribution in [0.5, 0.6) is 0 Å². The molecule has 3 N–H and O–H groups in total. The number of hydrazine groups is 1. The lowest BCUT2D eigenvalue weighted by Crippen LogP contribution is -2.09. The van der Waals surface area contributed by atoms with E-state index in [0.29, 0.717) is 16.5 Å². The molecule has 0 atom stereocenters. The van der Waals surface area contributed by atoms with E-state index >= 15 is 0 Å². The normalized spacial score (nSPS) is 10.3. The maximum atomic E-state index is 10.9. The van der Waals surface area contributed by atoms with Crippen LogP contribution in [0.15, 0.2) is 47.4 Å². The van der Waals surface area contributed by atoms with Crippen LogP contribution in [0.1, 0.15) is 5.56 Å². The minimum absolute atomic E-state index is 0.0262. The van der Waals surface area contributed by atoms with Gasteiger partial charge in [0.2, 0.25) is 0 Å². The van der Waals surface area contributed by atoms with E-state index in [-0.39, 0.29) is 5.69 Å². The highest BCUT2D eigenvalue weighted by molar-refractivity contribution is 7.98. The molecule has 0 heterocycles. The molecule has 0 aromatic heterocycles. The maximum Gasteiger partial charge on any atom is 0.293 e. The van der Waals surface area contributed by atoms with Gasteiger partial charge in [-0.05, 0) is 35.9 Å². The number of nitrogens with one attached hydrogen (secondary N) is 1. The van der Waals surface area contributed by atoms with E-state index in [1.807, 2.05) is 30.3 Å². The second-order valence-corrected chi connectivity index (χ2v) is 5.48. The Morgan fingerprint density at radius 3 is 2.55 bits per heavy atom. The Kier molecular flexibility index (Phi) is 4.84. The lowest BCUT2D eigenvalue weighted by atomic mass is 10.2. The van der Waals surface area contributed by atoms with Crippen LogP contribution in [0.3, 0.4) is 0 Å². The molecule has 0 aliphatic carbocycles. The number of anilines is 1. The molecule has 0 aliphatic heterocycles. The summed E-state index contributed by atoms with van der Waals surface area (Å²) < 4.78 is 0. The molecule has 0 fully saturated rings. The highest BCUT2D eigenvalue weighted by Crippen LogP contribution is 2.29. The first kappa shape index (κ1) is 14.6. The van der Waals surface area contributed by atoms with Gasteiger partial charge < -0.3 is 5.43 Å². The highest BCUT2D eigenvalue weighted by atomic mass is 35.5. The summed E-state index contributed by atoms with van der Waals surface area (Å²) in [6.07, 6.45) is 0. The zero-order chi connectivity index (χ0) is 14.5. The van der Waals surface area contributed by atoms with Gasteiger partial charge in [-0.25, -0.2) is 0 Å². The van der Waals surface area contributed by atoms with E-state index in [1.54, 1.807) is 17.8 Å². The first-order chi connectivity index (χ1) is 9.60. The molecule has 0 aliphatic rings. The minimum Gasteiger partial charge on any atom is -0.318 e. The van der Waals surface area contributed by atoms with Gasteiger partial charge in [0.05, 0.1) is 4.92 Å². The molecular weight excluding hydrogens is 298 g/mol. The number of nitrogens with zero attached hydrogens (tertiary/aromatic N) is 1. The molecule has 0 bridgehead atoms. The fraction of sp³-hybridized carbons (Fsp3) is 0.0769. The lowest BCUT2D eigenvalue weighted by Gasteiger charge is -2.05. The number of nitrogens with two attached hydrogens (primary N) is 1. The van der Waals surface area contributed by atoms with Gasteiger partial charge in [-0.15, -0.1) is 11.8 Å². The van der Waals surface area contributed by atoms with Crippen molar-refractivity contribution >= 4 is 34.7 Å². The molecule has 5 nitrogen and oxygen atoms in total. The number of rotatable bonds is 5. The van der Waals surface area contributed by atoms with Gasteiger partial charge in [0.1, 0.15) is 5.69 Å². The van der Waals surface area contributed by atoms with Crippen LogP contribution in [-0.2, 0) is 5.75 Å². The topological polar surface area (TPSA) is 81.2 Å². The Morgan fingerprint density at radius 2 is 1.95 bits per heavy atom. The summed E-state index contributed by atoms with van der Waals surface area (Å²) in [5.74, 6) is 5.88. The predicted octanol–water partition coefficient (Wildman–Crippen LogP) is 3.83. The number of halogens is 1. The molecule has 2 aromatic carbocycles. The zero-order valence-electron chi connectivity index (χ0n) is 10.4. The SMILES string of the molecule is NNc1ccc(CSc2ccc(Cl)cc2)cc1[N+](=O)[O-]. The average Bonchev–Trinajstić information content (AvgIpc) is 2.46. The van der Waals surface area contributed by atoms with Crippen molar-refractivity contribution in [2.45, 2.75) is 10.6 Å². The maximum absolute atomic E-state index is 10.9. The molecule has 0 radical (unpaired) electrons. The largest absolute Gasteiger partial charge is 0.318 e. The molecule has 0 unspecified atom stereocenters. The van der Waals surface area contributed by atoms with Crippen LogP contribution in [0.25, 0.3) is 0 Å². The van der Waals surface area contributed by atoms with Gasteiger partial charge in [0.25, 0.3) is 5.69 Å². The Labute approximate surface area is 125 Å². The zero-order valence-corrected chi connectivity index (χ0v) is 11.9. The van der Waals surface area contributed by atoms with Crippen LogP contribution in [0.4, 0.5) is 11.4 Å². The van der Waals surface area contributed by atoms with E-state index in [9.17, 15) is 10.1 Å². The molecule has 2 rings (SSSR count). The van der Waals surface area contributed by atoms with E-state index in [0.717, 1.165) is 10.5 Å². The van der Waals surface area contributed by atoms with E-state index < -0.39 is 4.92 Å². The van der Waals surface area contributed by atoms with Crippen LogP contribution in [0, 0.1) is 10.1 Å². The number of benzene rings is 2. The lowest BCUT2D eigenvalue weighted by molar-refractivity contribution is -0.384. The minimum atomic E-state index is -0.453. The molecule has 0 amide bonds. The molecule has 7 heteroatoms. The second kappa shape index (κ2) is 6.60. The third-order valence-corrected chi connectivity index (χ3v) is 3.97. The predicted molar refractivity (Wildman–Crippen MR) is 81.9 cm³/mol. The van der Waals surface area contributed by atoms with Gasteiger partial charge in [-0.3, -0.25) is 16.0 Å². The molecule has 0 spiro atoms. The van der Waals surface area contributed by atoms with Crippen molar-refractivity contribution in [3.05, 3.63) is 63.2 Å². The Bertz CT molecular complexity index is 620. The fourth-order valence-electron chi connectivity index (χ4n) is 1.64. The summed E-state index contributed by atoms with van der Waals surface area (Å²) in [4.78, 5) is 11.5. The quantitative estimate of drug-likeness (QED) is 0.380. The van der Waals surface area contributed by atoms with Gasteiger partial charge in [0, 0.05) is 21.7 Å². The van der Waals surface area contributed by atoms with Crippen LogP contribution < -0.4 is 11.3 Å². The van der Waals surface area contributed by atoms with E-state index in [2.05, 4.69) is 5.43 Å². The number of hydrogen-bond donors (Lipinski definition) is 2. The highest BCUT2D eigenvalue weighted by Gasteiger charge is 2.13. The Morgan fingerprint density at radius 1 is 1.25 bits per heavy atom. The number of hydrogen-bond acceptors (Lipinski definition) is 5. The summed E-state index contributed by atoms with van der Waals surface area (Å²) >= 11 is 7.40. The van der Waals surface area contributed by atoms with Crippen molar-refractivity contribution in [2.75, 3.05) is 5.43 Å². The third-order valence-electron chi connectivity index (χ3n) is 2.63. The number of thioether (sulfide) groups is 1. The molecule has 104 valence electrons. The summed E-state index contributed by atoms with van der Waals surface area (Å²) in [6, 6.07) is 12.4. The number of nitro benzene ring substituents is 1. The van der Waals surface area contributed by atoms with Gasteiger partial charge in [-0.1, -0.05) is 17.7 Å². The molecule has 0 saturated heterocycles. The van der Waals surface area contributed by atoms with Crippen molar-refractivity contribution in [2.24, 2.45) is 5.84 Å². The summed E-state index contributed by atoms with van der Waals surface area (Å²) in [6.45, 7) is 0. The standard InChI is InChI=1S/C13H12ClN3O2S/c14-10-2-4-11(5-3-10)20-8-9-1-6-12(16-15)13(7-9)17(18)19/h1-7,16H,8,15H2. The first-order valence-corrected chi connectivity index (χ1v) is 7.09. The Balaban J connectivity index is 2.11. The number of nitrogen functional groups attached to an aromatic ring is 1. The van der Waals surface area contributed by atoms with Crippen molar-refractivity contribution in [3.63, 3.8) is 0 Å². The van der Waals surface area contributed by atoms with Crippen molar-refractivity contribution < 1.29 is 4.92 Å². The first-order valence-electron chi connectivity index (χ1n) is 5.72. The van der Waals surface area contributed by atoms with Crippen molar-refractivity contribution in [3.8, 4) is 0 Å². The molecule has 20 heavy (non-hydrogen) atoms. The molecular formula is C13H12ClN3O2S. The number of nitro groups is 1. The molecule has 0 saturated carbocycles. The summed E-state index contributed by atoms with van der Waals surface area (Å²) in [7, 11) is 0. The smallest absolute Gasteiger partial charge is 0.293 e. The summed E-state index contributed by atoms with van der Waals surface area (Å²) in [5.41, 5.74) is 3.45. The van der Waals surface area contributed by atoms with E-state index in [1.165, 1.54) is 6.07 Å². The van der Waals surface area contributed by atoms with Crippen LogP contribution >= 0.6 is 23.4 Å². The average molecular weight is 310 g/mol. The van der Waals surface area contributed by atoms with Gasteiger partial charge in [-0.2, -0.15) is 0 Å². The Hall–Kier alpha value is -1.76. The molecule has 2 aromatic rings. The fourth-order valence-corrected chi connectivity index (χ4v) is 2.61. The summed E-state index contributed by atoms with van der Waals surface area (Å²) in [5, 5.41) is 11.6. The van der Waals surface area contributed by atoms with Crippen molar-refractivity contribution in [1.29, 1.82) is 0 Å². The second-order valence-electron chi connectivity index (χ2n) is 4.00. The van der Waals surface area contributed by atoms with Gasteiger partial charge >= 0.3 is 0 Å². The third kappa shape index (κ3) is 3.63. The van der Waals surface area contributed by atoms with Gasteiger partial charge in [0.15, 0.2) is 0 Å². The van der Waals surface area contributed by atoms with Crippen molar-refractivity contribution in [1.82, 2.24) is 0 Å².